The van der Waals surface area contributed by atoms with Gasteiger partial charge in [0.2, 0.25) is 0 Å². The predicted molar refractivity (Wildman–Crippen MR) is 156 cm³/mol. The fourth-order valence-corrected chi connectivity index (χ4v) is 4.69. The molecular weight excluding hydrogens is 550 g/mol. The van der Waals surface area contributed by atoms with E-state index < -0.39 is 21.8 Å². The van der Waals surface area contributed by atoms with E-state index in [0.29, 0.717) is 47.4 Å². The van der Waals surface area contributed by atoms with Gasteiger partial charge in [0.1, 0.15) is 27.9 Å². The summed E-state index contributed by atoms with van der Waals surface area (Å²) in [6.07, 6.45) is 1.09. The van der Waals surface area contributed by atoms with E-state index in [9.17, 15) is 18.0 Å². The third kappa shape index (κ3) is 8.52. The van der Waals surface area contributed by atoms with Crippen molar-refractivity contribution in [2.45, 2.75) is 32.2 Å². The Bertz CT molecular complexity index is 1490. The average Bonchev–Trinajstić information content (AvgIpc) is 2.93. The smallest absolute Gasteiger partial charge is 0.319 e. The Labute approximate surface area is 240 Å². The predicted octanol–water partition coefficient (Wildman–Crippen LogP) is 4.87. The van der Waals surface area contributed by atoms with Crippen LogP contribution in [0.2, 0.25) is 0 Å². The van der Waals surface area contributed by atoms with Gasteiger partial charge in [-0.05, 0) is 57.2 Å². The minimum Gasteiger partial charge on any atom is -0.497 e. The van der Waals surface area contributed by atoms with E-state index in [1.807, 2.05) is 0 Å². The molecule has 0 aromatic heterocycles. The number of hydrogen-bond acceptors (Lipinski definition) is 8. The zero-order valence-corrected chi connectivity index (χ0v) is 24.5. The Morgan fingerprint density at radius 3 is 2.10 bits per heavy atom. The van der Waals surface area contributed by atoms with Gasteiger partial charge in [0.15, 0.2) is 9.84 Å². The topological polar surface area (TPSA) is 141 Å². The van der Waals surface area contributed by atoms with Crippen molar-refractivity contribution in [1.82, 2.24) is 5.32 Å². The van der Waals surface area contributed by atoms with Crippen LogP contribution in [0.3, 0.4) is 0 Å². The van der Waals surface area contributed by atoms with E-state index in [1.165, 1.54) is 19.2 Å². The van der Waals surface area contributed by atoms with E-state index >= 15 is 0 Å². The highest BCUT2D eigenvalue weighted by molar-refractivity contribution is 7.90. The molecule has 0 aliphatic carbocycles. The average molecular weight is 586 g/mol. The highest BCUT2D eigenvalue weighted by Crippen LogP contribution is 2.33. The number of carbonyl (C=O) groups excluding carboxylic acids is 2. The summed E-state index contributed by atoms with van der Waals surface area (Å²) in [6, 6.07) is 14.1. The van der Waals surface area contributed by atoms with Crippen LogP contribution in [0.1, 0.15) is 36.7 Å². The second-order valence-electron chi connectivity index (χ2n) is 8.68. The van der Waals surface area contributed by atoms with E-state index in [1.54, 1.807) is 63.2 Å². The van der Waals surface area contributed by atoms with Crippen molar-refractivity contribution in [3.8, 4) is 23.0 Å². The van der Waals surface area contributed by atoms with Crippen LogP contribution in [-0.4, -0.2) is 53.5 Å². The standard InChI is InChI=1S/C29H35N3O8S/c1-6-38-24-13-12-21(16-23(24)28(33)31-20-10-9-11-22(15-20)37-4)32-29(34)30-18-19-14-26(40-8-3)27(41(5,35)36)17-25(19)39-7-2/h9-17H,6-8,18H2,1-5H3,(H,31,33)(H2,30,32,34). The van der Waals surface area contributed by atoms with E-state index in [-0.39, 0.29) is 29.4 Å². The van der Waals surface area contributed by atoms with Crippen molar-refractivity contribution in [2.24, 2.45) is 0 Å². The van der Waals surface area contributed by atoms with Gasteiger partial charge >= 0.3 is 6.03 Å². The zero-order chi connectivity index (χ0) is 30.0. The molecule has 12 heteroatoms. The third-order valence-electron chi connectivity index (χ3n) is 5.67. The first-order valence-corrected chi connectivity index (χ1v) is 14.9. The molecule has 3 amide bonds. The number of urea groups is 1. The number of rotatable bonds is 13. The summed E-state index contributed by atoms with van der Waals surface area (Å²) in [4.78, 5) is 25.9. The number of sulfone groups is 1. The molecule has 3 aromatic rings. The van der Waals surface area contributed by atoms with Crippen molar-refractivity contribution in [2.75, 3.05) is 43.8 Å². The summed E-state index contributed by atoms with van der Waals surface area (Å²) in [5.74, 6) is 1.01. The number of ether oxygens (including phenoxy) is 4. The van der Waals surface area contributed by atoms with Crippen LogP contribution in [0.25, 0.3) is 0 Å². The Morgan fingerprint density at radius 1 is 0.780 bits per heavy atom. The molecule has 0 bridgehead atoms. The van der Waals surface area contributed by atoms with Crippen LogP contribution in [0, 0.1) is 0 Å². The maximum absolute atomic E-state index is 13.1. The molecule has 0 radical (unpaired) electrons. The van der Waals surface area contributed by atoms with Crippen LogP contribution < -0.4 is 34.9 Å². The van der Waals surface area contributed by atoms with Gasteiger partial charge in [-0.3, -0.25) is 4.79 Å². The summed E-state index contributed by atoms with van der Waals surface area (Å²) >= 11 is 0. The lowest BCUT2D eigenvalue weighted by atomic mass is 10.1. The lowest BCUT2D eigenvalue weighted by Crippen LogP contribution is -2.28. The lowest BCUT2D eigenvalue weighted by molar-refractivity contribution is 0.102. The van der Waals surface area contributed by atoms with Crippen LogP contribution in [-0.2, 0) is 16.4 Å². The SMILES string of the molecule is CCOc1cc(S(C)(=O)=O)c(OCC)cc1CNC(=O)Nc1ccc(OCC)c(C(=O)Nc2cccc(OC)c2)c1. The number of anilines is 2. The number of amides is 3. The first-order valence-electron chi connectivity index (χ1n) is 13.0. The molecule has 41 heavy (non-hydrogen) atoms. The van der Waals surface area contributed by atoms with Crippen LogP contribution in [0.5, 0.6) is 23.0 Å². The zero-order valence-electron chi connectivity index (χ0n) is 23.7. The van der Waals surface area contributed by atoms with E-state index in [0.717, 1.165) is 6.26 Å². The molecule has 0 aliphatic heterocycles. The summed E-state index contributed by atoms with van der Waals surface area (Å²) in [5, 5.41) is 8.26. The van der Waals surface area contributed by atoms with Crippen molar-refractivity contribution >= 4 is 33.2 Å². The van der Waals surface area contributed by atoms with Gasteiger partial charge < -0.3 is 34.9 Å². The monoisotopic (exact) mass is 585 g/mol. The van der Waals surface area contributed by atoms with Gasteiger partial charge in [0.25, 0.3) is 5.91 Å². The van der Waals surface area contributed by atoms with Crippen molar-refractivity contribution < 1.29 is 37.0 Å². The molecule has 3 rings (SSSR count). The van der Waals surface area contributed by atoms with Gasteiger partial charge in [-0.1, -0.05) is 6.07 Å². The largest absolute Gasteiger partial charge is 0.497 e. The number of carbonyl (C=O) groups is 2. The molecule has 0 atom stereocenters. The summed E-state index contributed by atoms with van der Waals surface area (Å²) < 4.78 is 46.6. The molecule has 0 spiro atoms. The van der Waals surface area contributed by atoms with Gasteiger partial charge in [-0.2, -0.15) is 0 Å². The summed E-state index contributed by atoms with van der Waals surface area (Å²) in [5.41, 5.74) is 1.65. The third-order valence-corrected chi connectivity index (χ3v) is 6.79. The lowest BCUT2D eigenvalue weighted by Gasteiger charge is -2.17. The second kappa shape index (κ2) is 14.3. The van der Waals surface area contributed by atoms with Crippen molar-refractivity contribution in [1.29, 1.82) is 0 Å². The van der Waals surface area contributed by atoms with Crippen LogP contribution >= 0.6 is 0 Å². The number of nitrogens with one attached hydrogen (secondary N) is 3. The Balaban J connectivity index is 1.79. The molecule has 11 nitrogen and oxygen atoms in total. The number of benzene rings is 3. The van der Waals surface area contributed by atoms with Gasteiger partial charge in [0, 0.05) is 41.9 Å². The minimum atomic E-state index is -3.58. The van der Waals surface area contributed by atoms with Crippen LogP contribution in [0.4, 0.5) is 16.2 Å². The molecule has 0 saturated heterocycles. The van der Waals surface area contributed by atoms with Crippen LogP contribution in [0.15, 0.2) is 59.5 Å². The first kappa shape index (κ1) is 31.1. The maximum Gasteiger partial charge on any atom is 0.319 e. The summed E-state index contributed by atoms with van der Waals surface area (Å²) in [7, 11) is -2.05. The second-order valence-corrected chi connectivity index (χ2v) is 10.7. The number of methoxy groups -OCH3 is 1. The number of hydrogen-bond donors (Lipinski definition) is 3. The molecule has 220 valence electrons. The molecule has 0 aliphatic rings. The van der Waals surface area contributed by atoms with Crippen molar-refractivity contribution in [3.05, 3.63) is 65.7 Å². The van der Waals surface area contributed by atoms with E-state index in [2.05, 4.69) is 16.0 Å². The summed E-state index contributed by atoms with van der Waals surface area (Å²) in [6.45, 7) is 6.24. The van der Waals surface area contributed by atoms with Gasteiger partial charge in [-0.25, -0.2) is 13.2 Å². The molecule has 0 heterocycles. The Morgan fingerprint density at radius 2 is 1.44 bits per heavy atom. The van der Waals surface area contributed by atoms with Crippen molar-refractivity contribution in [3.63, 3.8) is 0 Å². The van der Waals surface area contributed by atoms with E-state index in [4.69, 9.17) is 18.9 Å². The highest BCUT2D eigenvalue weighted by Gasteiger charge is 2.20. The molecular formula is C29H35N3O8S. The van der Waals surface area contributed by atoms with Gasteiger partial charge in [-0.15, -0.1) is 0 Å². The fourth-order valence-electron chi connectivity index (χ4n) is 3.89. The quantitative estimate of drug-likeness (QED) is 0.258. The first-order chi connectivity index (χ1) is 19.6. The molecule has 3 aromatic carbocycles. The Kier molecular flexibility index (Phi) is 10.8. The molecule has 0 saturated carbocycles. The maximum atomic E-state index is 13.1. The molecule has 3 N–H and O–H groups in total. The molecule has 0 fully saturated rings. The fraction of sp³-hybridized carbons (Fsp3) is 0.310. The minimum absolute atomic E-state index is 0.00476. The highest BCUT2D eigenvalue weighted by atomic mass is 32.2. The Hall–Kier alpha value is -4.45. The molecule has 0 unspecified atom stereocenters. The normalized spacial score (nSPS) is 10.9. The van der Waals surface area contributed by atoms with Gasteiger partial charge in [0.05, 0.1) is 32.5 Å².